The van der Waals surface area contributed by atoms with E-state index in [0.717, 1.165) is 26.3 Å². The van der Waals surface area contributed by atoms with Gasteiger partial charge >= 0.3 is 0 Å². The number of hydrogen-bond acceptors (Lipinski definition) is 3. The van der Waals surface area contributed by atoms with Crippen LogP contribution in [0.1, 0.15) is 0 Å². The van der Waals surface area contributed by atoms with Crippen LogP contribution < -0.4 is 9.64 Å². The fraction of sp³-hybridized carbons (Fsp3) is 0.538. The number of rotatable bonds is 5. The number of quaternary nitrogens is 1. The molecule has 0 amide bonds. The second kappa shape index (κ2) is 7.31. The molecule has 1 aliphatic rings. The minimum Gasteiger partial charge on any atom is -0.489 e. The molecule has 106 valence electrons. The highest BCUT2D eigenvalue weighted by Gasteiger charge is 2.18. The molecule has 6 heteroatoms. The Labute approximate surface area is 122 Å². The Morgan fingerprint density at radius 1 is 1.32 bits per heavy atom. The van der Waals surface area contributed by atoms with Gasteiger partial charge < -0.3 is 19.5 Å². The first-order valence-corrected chi connectivity index (χ1v) is 7.08. The van der Waals surface area contributed by atoms with Crippen molar-refractivity contribution in [3.8, 4) is 5.75 Å². The number of ether oxygens (including phenoxy) is 2. The Balaban J connectivity index is 1.77. The molecule has 1 atom stereocenters. The highest BCUT2D eigenvalue weighted by Crippen LogP contribution is 2.27. The zero-order valence-corrected chi connectivity index (χ0v) is 12.1. The summed E-state index contributed by atoms with van der Waals surface area (Å²) < 4.78 is 10.8. The predicted octanol–water partition coefficient (Wildman–Crippen LogP) is 0.648. The smallest absolute Gasteiger partial charge is 0.138 e. The lowest BCUT2D eigenvalue weighted by Crippen LogP contribution is -3.15. The van der Waals surface area contributed by atoms with Crippen molar-refractivity contribution in [2.45, 2.75) is 6.10 Å². The molecule has 1 aromatic carbocycles. The Kier molecular flexibility index (Phi) is 5.73. The van der Waals surface area contributed by atoms with E-state index in [-0.39, 0.29) is 6.61 Å². The van der Waals surface area contributed by atoms with E-state index in [9.17, 15) is 5.11 Å². The normalized spacial score (nSPS) is 18.3. The summed E-state index contributed by atoms with van der Waals surface area (Å²) in [5, 5.41) is 11.0. The third-order valence-corrected chi connectivity index (χ3v) is 3.58. The Bertz CT molecular complexity index is 411. The average molecular weight is 307 g/mol. The number of morpholine rings is 1. The first kappa shape index (κ1) is 14.9. The summed E-state index contributed by atoms with van der Waals surface area (Å²) in [4.78, 5) is 1.34. The second-order valence-electron chi connectivity index (χ2n) is 4.61. The van der Waals surface area contributed by atoms with E-state index in [0.29, 0.717) is 22.3 Å². The monoisotopic (exact) mass is 306 g/mol. The number of aliphatic hydroxyl groups is 1. The maximum absolute atomic E-state index is 9.95. The van der Waals surface area contributed by atoms with Crippen LogP contribution >= 0.6 is 23.2 Å². The van der Waals surface area contributed by atoms with Gasteiger partial charge in [-0.15, -0.1) is 0 Å². The van der Waals surface area contributed by atoms with Crippen LogP contribution in [0.5, 0.6) is 5.75 Å². The zero-order valence-electron chi connectivity index (χ0n) is 10.6. The molecule has 2 N–H and O–H groups in total. The summed E-state index contributed by atoms with van der Waals surface area (Å²) in [6.07, 6.45) is -0.514. The number of benzene rings is 1. The minimum atomic E-state index is -0.514. The van der Waals surface area contributed by atoms with Crippen LogP contribution in [0.25, 0.3) is 0 Å². The van der Waals surface area contributed by atoms with Gasteiger partial charge in [0.1, 0.15) is 38.1 Å². The van der Waals surface area contributed by atoms with Crippen molar-refractivity contribution >= 4 is 23.2 Å². The number of aliphatic hydroxyl groups excluding tert-OH is 1. The van der Waals surface area contributed by atoms with Crippen LogP contribution in [0, 0.1) is 0 Å². The summed E-state index contributed by atoms with van der Waals surface area (Å²) >= 11 is 11.8. The maximum Gasteiger partial charge on any atom is 0.138 e. The van der Waals surface area contributed by atoms with E-state index in [1.165, 1.54) is 4.90 Å². The third kappa shape index (κ3) is 4.82. The fourth-order valence-corrected chi connectivity index (χ4v) is 2.50. The minimum absolute atomic E-state index is 0.228. The van der Waals surface area contributed by atoms with Crippen LogP contribution in [0.15, 0.2) is 18.2 Å². The molecule has 1 aliphatic heterocycles. The molecule has 4 nitrogen and oxygen atoms in total. The first-order valence-electron chi connectivity index (χ1n) is 6.32. The van der Waals surface area contributed by atoms with Crippen LogP contribution in [0.2, 0.25) is 10.0 Å². The van der Waals surface area contributed by atoms with Gasteiger partial charge in [0.2, 0.25) is 0 Å². The quantitative estimate of drug-likeness (QED) is 0.839. The van der Waals surface area contributed by atoms with Crippen LogP contribution in [-0.4, -0.2) is 50.7 Å². The van der Waals surface area contributed by atoms with Crippen molar-refractivity contribution < 1.29 is 19.5 Å². The fourth-order valence-electron chi connectivity index (χ4n) is 2.03. The first-order chi connectivity index (χ1) is 9.15. The van der Waals surface area contributed by atoms with Gasteiger partial charge in [0.05, 0.1) is 18.2 Å². The van der Waals surface area contributed by atoms with E-state index < -0.39 is 6.10 Å². The topological polar surface area (TPSA) is 43.1 Å². The number of halogens is 2. The molecule has 0 radical (unpaired) electrons. The molecule has 0 saturated carbocycles. The molecule has 1 aromatic rings. The molecule has 0 bridgehead atoms. The Morgan fingerprint density at radius 2 is 2.05 bits per heavy atom. The van der Waals surface area contributed by atoms with Gasteiger partial charge in [0, 0.05) is 5.02 Å². The van der Waals surface area contributed by atoms with Crippen LogP contribution in [0.4, 0.5) is 0 Å². The molecule has 1 fully saturated rings. The molecule has 1 heterocycles. The lowest BCUT2D eigenvalue weighted by Gasteiger charge is -2.25. The predicted molar refractivity (Wildman–Crippen MR) is 74.3 cm³/mol. The summed E-state index contributed by atoms with van der Waals surface area (Å²) in [6, 6.07) is 5.04. The molecule has 0 unspecified atom stereocenters. The van der Waals surface area contributed by atoms with E-state index in [2.05, 4.69) is 0 Å². The highest BCUT2D eigenvalue weighted by molar-refractivity contribution is 6.35. The lowest BCUT2D eigenvalue weighted by atomic mass is 10.3. The van der Waals surface area contributed by atoms with Crippen molar-refractivity contribution in [1.29, 1.82) is 0 Å². The van der Waals surface area contributed by atoms with Gasteiger partial charge in [-0.2, -0.15) is 0 Å². The molecule has 2 rings (SSSR count). The Hall–Kier alpha value is -0.520. The number of hydrogen-bond donors (Lipinski definition) is 2. The van der Waals surface area contributed by atoms with Gasteiger partial charge in [0.15, 0.2) is 0 Å². The number of nitrogens with one attached hydrogen (secondary N) is 1. The van der Waals surface area contributed by atoms with Gasteiger partial charge in [-0.3, -0.25) is 0 Å². The van der Waals surface area contributed by atoms with E-state index in [1.54, 1.807) is 18.2 Å². The maximum atomic E-state index is 9.95. The largest absolute Gasteiger partial charge is 0.489 e. The highest BCUT2D eigenvalue weighted by atomic mass is 35.5. The van der Waals surface area contributed by atoms with Crippen molar-refractivity contribution in [1.82, 2.24) is 0 Å². The molecular weight excluding hydrogens is 289 g/mol. The Morgan fingerprint density at radius 3 is 2.74 bits per heavy atom. The van der Waals surface area contributed by atoms with Crippen molar-refractivity contribution in [2.75, 3.05) is 39.5 Å². The summed E-state index contributed by atoms with van der Waals surface area (Å²) in [5.74, 6) is 0.544. The van der Waals surface area contributed by atoms with Crippen molar-refractivity contribution in [2.24, 2.45) is 0 Å². The molecule has 0 aromatic heterocycles. The van der Waals surface area contributed by atoms with Crippen LogP contribution in [-0.2, 0) is 4.74 Å². The standard InChI is InChI=1S/C13H17Cl2NO3/c14-10-1-2-13(12(15)7-10)19-9-11(17)8-16-3-5-18-6-4-16/h1-2,7,11,17H,3-6,8-9H2/p+1/t11-/m1/s1. The summed E-state index contributed by atoms with van der Waals surface area (Å²) in [6.45, 7) is 4.26. The summed E-state index contributed by atoms with van der Waals surface area (Å²) in [5.41, 5.74) is 0. The summed E-state index contributed by atoms with van der Waals surface area (Å²) in [7, 11) is 0. The molecule has 1 saturated heterocycles. The molecule has 0 spiro atoms. The van der Waals surface area contributed by atoms with Gasteiger partial charge in [-0.25, -0.2) is 0 Å². The second-order valence-corrected chi connectivity index (χ2v) is 5.45. The zero-order chi connectivity index (χ0) is 13.7. The van der Waals surface area contributed by atoms with E-state index >= 15 is 0 Å². The van der Waals surface area contributed by atoms with Gasteiger partial charge in [-0.05, 0) is 18.2 Å². The van der Waals surface area contributed by atoms with Gasteiger partial charge in [-0.1, -0.05) is 23.2 Å². The SMILES string of the molecule is O[C@@H](COc1ccc(Cl)cc1Cl)C[NH+]1CCOCC1. The third-order valence-electron chi connectivity index (χ3n) is 3.05. The van der Waals surface area contributed by atoms with Gasteiger partial charge in [0.25, 0.3) is 0 Å². The van der Waals surface area contributed by atoms with Crippen molar-refractivity contribution in [3.63, 3.8) is 0 Å². The lowest BCUT2D eigenvalue weighted by molar-refractivity contribution is -0.911. The molecule has 19 heavy (non-hydrogen) atoms. The van der Waals surface area contributed by atoms with E-state index in [4.69, 9.17) is 32.7 Å². The van der Waals surface area contributed by atoms with Crippen molar-refractivity contribution in [3.05, 3.63) is 28.2 Å². The average Bonchev–Trinajstić information content (AvgIpc) is 2.39. The van der Waals surface area contributed by atoms with Crippen LogP contribution in [0.3, 0.4) is 0 Å². The van der Waals surface area contributed by atoms with E-state index in [1.807, 2.05) is 0 Å². The molecule has 0 aliphatic carbocycles. The molecular formula is C13H18Cl2NO3+.